The van der Waals surface area contributed by atoms with E-state index in [2.05, 4.69) is 26.6 Å². The number of hydrogen-bond donors (Lipinski definition) is 3. The van der Waals surface area contributed by atoms with Gasteiger partial charge in [-0.25, -0.2) is 0 Å². The van der Waals surface area contributed by atoms with Crippen LogP contribution in [0.5, 0.6) is 0 Å². The van der Waals surface area contributed by atoms with Crippen LogP contribution >= 0.6 is 15.9 Å². The second-order valence-electron chi connectivity index (χ2n) is 3.36. The van der Waals surface area contributed by atoms with Crippen LogP contribution in [0.3, 0.4) is 0 Å². The van der Waals surface area contributed by atoms with Gasteiger partial charge in [-0.15, -0.1) is 0 Å². The van der Waals surface area contributed by atoms with Gasteiger partial charge in [0.05, 0.1) is 11.4 Å². The number of anilines is 2. The molecular formula is C11H16BrN3O. The summed E-state index contributed by atoms with van der Waals surface area (Å²) in [5.74, 6) is 0.0469. The zero-order chi connectivity index (χ0) is 12.0. The lowest BCUT2D eigenvalue weighted by Gasteiger charge is -2.09. The van der Waals surface area contributed by atoms with Gasteiger partial charge < -0.3 is 16.4 Å². The van der Waals surface area contributed by atoms with E-state index in [0.29, 0.717) is 25.2 Å². The number of nitrogens with two attached hydrogens (primary N) is 1. The van der Waals surface area contributed by atoms with Crippen LogP contribution in [0.1, 0.15) is 13.3 Å². The van der Waals surface area contributed by atoms with Crippen LogP contribution in [0.4, 0.5) is 11.4 Å². The zero-order valence-electron chi connectivity index (χ0n) is 9.22. The molecule has 0 aliphatic heterocycles. The summed E-state index contributed by atoms with van der Waals surface area (Å²) in [6, 6.07) is 5.62. The molecule has 1 aromatic rings. The summed E-state index contributed by atoms with van der Waals surface area (Å²) in [5.41, 5.74) is 7.33. The van der Waals surface area contributed by atoms with Crippen molar-refractivity contribution in [1.82, 2.24) is 5.32 Å². The molecule has 16 heavy (non-hydrogen) atoms. The highest BCUT2D eigenvalue weighted by atomic mass is 79.9. The lowest BCUT2D eigenvalue weighted by molar-refractivity contribution is -0.120. The van der Waals surface area contributed by atoms with E-state index in [4.69, 9.17) is 5.73 Å². The predicted octanol–water partition coefficient (Wildman–Crippen LogP) is 1.97. The number of halogens is 1. The van der Waals surface area contributed by atoms with Crippen LogP contribution in [0.2, 0.25) is 0 Å². The first kappa shape index (κ1) is 12.8. The Bertz CT molecular complexity index is 368. The average molecular weight is 286 g/mol. The molecule has 0 fully saturated rings. The zero-order valence-corrected chi connectivity index (χ0v) is 10.8. The summed E-state index contributed by atoms with van der Waals surface area (Å²) in [4.78, 5) is 11.2. The molecule has 4 nitrogen and oxygen atoms in total. The van der Waals surface area contributed by atoms with Crippen molar-refractivity contribution in [3.05, 3.63) is 22.7 Å². The van der Waals surface area contributed by atoms with E-state index in [1.807, 2.05) is 25.1 Å². The van der Waals surface area contributed by atoms with Crippen LogP contribution in [-0.2, 0) is 4.79 Å². The number of nitrogen functional groups attached to an aromatic ring is 1. The first-order valence-electron chi connectivity index (χ1n) is 5.19. The highest BCUT2D eigenvalue weighted by molar-refractivity contribution is 9.10. The highest BCUT2D eigenvalue weighted by Crippen LogP contribution is 2.22. The number of benzene rings is 1. The smallest absolute Gasteiger partial charge is 0.221 e. The van der Waals surface area contributed by atoms with Crippen molar-refractivity contribution >= 4 is 33.2 Å². The summed E-state index contributed by atoms with van der Waals surface area (Å²) in [6.45, 7) is 3.15. The van der Waals surface area contributed by atoms with E-state index in [-0.39, 0.29) is 5.91 Å². The average Bonchev–Trinajstić information content (AvgIpc) is 2.22. The van der Waals surface area contributed by atoms with Crippen molar-refractivity contribution in [2.24, 2.45) is 0 Å². The molecule has 1 amide bonds. The molecule has 0 spiro atoms. The van der Waals surface area contributed by atoms with Gasteiger partial charge >= 0.3 is 0 Å². The Hall–Kier alpha value is -1.23. The Labute approximate surface area is 104 Å². The quantitative estimate of drug-likeness (QED) is 0.725. The number of rotatable bonds is 5. The molecule has 0 aromatic heterocycles. The molecule has 88 valence electrons. The van der Waals surface area contributed by atoms with E-state index < -0.39 is 0 Å². The van der Waals surface area contributed by atoms with Gasteiger partial charge in [-0.2, -0.15) is 0 Å². The second-order valence-corrected chi connectivity index (χ2v) is 4.28. The molecule has 0 aliphatic carbocycles. The van der Waals surface area contributed by atoms with Crippen LogP contribution in [0, 0.1) is 0 Å². The fraction of sp³-hybridized carbons (Fsp3) is 0.364. The number of nitrogens with one attached hydrogen (secondary N) is 2. The second kappa shape index (κ2) is 6.37. The van der Waals surface area contributed by atoms with Gasteiger partial charge in [0.1, 0.15) is 0 Å². The minimum absolute atomic E-state index is 0.0469. The van der Waals surface area contributed by atoms with Crippen molar-refractivity contribution in [2.75, 3.05) is 24.1 Å². The molecule has 0 radical (unpaired) electrons. The molecular weight excluding hydrogens is 270 g/mol. The number of hydrogen-bond acceptors (Lipinski definition) is 3. The summed E-state index contributed by atoms with van der Waals surface area (Å²) in [7, 11) is 0. The molecule has 1 aromatic carbocycles. The molecule has 0 saturated heterocycles. The summed E-state index contributed by atoms with van der Waals surface area (Å²) < 4.78 is 0.944. The Morgan fingerprint density at radius 1 is 1.50 bits per heavy atom. The van der Waals surface area contributed by atoms with Crippen molar-refractivity contribution in [2.45, 2.75) is 13.3 Å². The third kappa shape index (κ3) is 4.10. The first-order valence-corrected chi connectivity index (χ1v) is 5.98. The van der Waals surface area contributed by atoms with Crippen molar-refractivity contribution in [1.29, 1.82) is 0 Å². The fourth-order valence-corrected chi connectivity index (χ4v) is 1.67. The normalized spacial score (nSPS) is 9.88. The predicted molar refractivity (Wildman–Crippen MR) is 70.3 cm³/mol. The molecule has 1 rings (SSSR count). The molecule has 5 heteroatoms. The summed E-state index contributed by atoms with van der Waals surface area (Å²) in [6.07, 6.45) is 0.448. The van der Waals surface area contributed by atoms with E-state index in [9.17, 15) is 4.79 Å². The Kier molecular flexibility index (Phi) is 5.11. The third-order valence-corrected chi connectivity index (χ3v) is 2.55. The van der Waals surface area contributed by atoms with Gasteiger partial charge in [-0.1, -0.05) is 15.9 Å². The van der Waals surface area contributed by atoms with Crippen molar-refractivity contribution < 1.29 is 4.79 Å². The molecule has 0 saturated carbocycles. The standard InChI is InChI=1S/C11H16BrN3O/c1-2-14-11(16)5-6-15-10-4-3-8(12)7-9(10)13/h3-4,7,15H,2,5-6,13H2,1H3,(H,14,16). The van der Waals surface area contributed by atoms with E-state index in [0.717, 1.165) is 10.2 Å². The molecule has 0 aliphatic rings. The Morgan fingerprint density at radius 2 is 2.25 bits per heavy atom. The lowest BCUT2D eigenvalue weighted by atomic mass is 10.2. The van der Waals surface area contributed by atoms with Gasteiger partial charge in [0.25, 0.3) is 0 Å². The molecule has 0 atom stereocenters. The van der Waals surface area contributed by atoms with Crippen LogP contribution in [0.15, 0.2) is 22.7 Å². The molecule has 0 bridgehead atoms. The first-order chi connectivity index (χ1) is 7.63. The third-order valence-electron chi connectivity index (χ3n) is 2.06. The van der Waals surface area contributed by atoms with Crippen LogP contribution in [-0.4, -0.2) is 19.0 Å². The van der Waals surface area contributed by atoms with E-state index in [1.165, 1.54) is 0 Å². The highest BCUT2D eigenvalue weighted by Gasteiger charge is 2.01. The maximum absolute atomic E-state index is 11.2. The van der Waals surface area contributed by atoms with E-state index >= 15 is 0 Å². The maximum atomic E-state index is 11.2. The lowest BCUT2D eigenvalue weighted by Crippen LogP contribution is -2.24. The van der Waals surface area contributed by atoms with Gasteiger partial charge in [0, 0.05) is 24.0 Å². The van der Waals surface area contributed by atoms with Crippen molar-refractivity contribution in [3.63, 3.8) is 0 Å². The molecule has 0 heterocycles. The fourth-order valence-electron chi connectivity index (χ4n) is 1.29. The largest absolute Gasteiger partial charge is 0.397 e. The van der Waals surface area contributed by atoms with Crippen LogP contribution in [0.25, 0.3) is 0 Å². The number of amides is 1. The van der Waals surface area contributed by atoms with Gasteiger partial charge in [-0.3, -0.25) is 4.79 Å². The SMILES string of the molecule is CCNC(=O)CCNc1ccc(Br)cc1N. The Morgan fingerprint density at radius 3 is 2.88 bits per heavy atom. The number of carbonyl (C=O) groups excluding carboxylic acids is 1. The topological polar surface area (TPSA) is 67.2 Å². The van der Waals surface area contributed by atoms with Gasteiger partial charge in [0.2, 0.25) is 5.91 Å². The molecule has 0 unspecified atom stereocenters. The Balaban J connectivity index is 2.40. The van der Waals surface area contributed by atoms with Crippen molar-refractivity contribution in [3.8, 4) is 0 Å². The van der Waals surface area contributed by atoms with Gasteiger partial charge in [0.15, 0.2) is 0 Å². The summed E-state index contributed by atoms with van der Waals surface area (Å²) >= 11 is 3.34. The van der Waals surface area contributed by atoms with Crippen LogP contribution < -0.4 is 16.4 Å². The minimum atomic E-state index is 0.0469. The summed E-state index contributed by atoms with van der Waals surface area (Å²) in [5, 5.41) is 5.86. The number of carbonyl (C=O) groups is 1. The molecule has 4 N–H and O–H groups in total. The van der Waals surface area contributed by atoms with Gasteiger partial charge in [-0.05, 0) is 25.1 Å². The minimum Gasteiger partial charge on any atom is -0.397 e. The monoisotopic (exact) mass is 285 g/mol. The van der Waals surface area contributed by atoms with E-state index in [1.54, 1.807) is 0 Å². The maximum Gasteiger partial charge on any atom is 0.221 e.